The van der Waals surface area contributed by atoms with E-state index in [2.05, 4.69) is 36.2 Å². The number of benzene rings is 2. The lowest BCUT2D eigenvalue weighted by atomic mass is 10.1. The fourth-order valence-electron chi connectivity index (χ4n) is 5.04. The quantitative estimate of drug-likeness (QED) is 0.0596. The van der Waals surface area contributed by atoms with Gasteiger partial charge in [-0.3, -0.25) is 19.4 Å². The molecular formula is C35H40N10O4. The van der Waals surface area contributed by atoms with Crippen molar-refractivity contribution >= 4 is 58.1 Å². The molecule has 0 saturated carbocycles. The van der Waals surface area contributed by atoms with Gasteiger partial charge in [0.05, 0.1) is 17.2 Å². The number of carbonyl (C=O) groups is 3. The van der Waals surface area contributed by atoms with Crippen LogP contribution in [-0.4, -0.2) is 81.6 Å². The van der Waals surface area contributed by atoms with Gasteiger partial charge in [0.15, 0.2) is 0 Å². The fraction of sp³-hybridized carbons (Fsp3) is 0.257. The molecule has 5 N–H and O–H groups in total. The molecule has 5 rings (SSSR count). The molecule has 0 radical (unpaired) electrons. The van der Waals surface area contributed by atoms with Crippen LogP contribution in [-0.2, 0) is 14.1 Å². The van der Waals surface area contributed by atoms with E-state index in [4.69, 9.17) is 10.4 Å². The first-order valence-electron chi connectivity index (χ1n) is 15.7. The molecule has 49 heavy (non-hydrogen) atoms. The number of nitrogens with zero attached hydrogens (tertiary/aromatic N) is 6. The van der Waals surface area contributed by atoms with Gasteiger partial charge in [-0.05, 0) is 84.9 Å². The van der Waals surface area contributed by atoms with Gasteiger partial charge in [0.25, 0.3) is 17.7 Å². The third-order valence-electron chi connectivity index (χ3n) is 7.65. The van der Waals surface area contributed by atoms with Crippen LogP contribution in [0, 0.1) is 0 Å². The highest BCUT2D eigenvalue weighted by Crippen LogP contribution is 2.19. The Bertz CT molecular complexity index is 2000. The number of fused-ring (bicyclic) bond motifs is 1. The highest BCUT2D eigenvalue weighted by atomic mass is 16.6. The number of aromatic nitrogens is 4. The van der Waals surface area contributed by atoms with Crippen molar-refractivity contribution in [1.82, 2.24) is 29.7 Å². The van der Waals surface area contributed by atoms with Crippen LogP contribution in [0.4, 0.5) is 11.4 Å². The Labute approximate surface area is 283 Å². The van der Waals surface area contributed by atoms with Crippen LogP contribution in [0.1, 0.15) is 55.3 Å². The summed E-state index contributed by atoms with van der Waals surface area (Å²) in [5.74, 6) is -0.503. The Morgan fingerprint density at radius 2 is 1.45 bits per heavy atom. The molecular weight excluding hydrogens is 624 g/mol. The Morgan fingerprint density at radius 3 is 2.14 bits per heavy atom. The molecule has 3 amide bonds. The predicted octanol–water partition coefficient (Wildman–Crippen LogP) is 4.00. The number of amides is 3. The largest absolute Gasteiger partial charge is 0.387 e. The van der Waals surface area contributed by atoms with Crippen LogP contribution < -0.4 is 21.7 Å². The lowest BCUT2D eigenvalue weighted by Crippen LogP contribution is -2.29. The number of aryl methyl sites for hydroxylation is 2. The number of carbonyl (C=O) groups excluding carboxylic acids is 3. The number of anilines is 2. The number of hydrogen-bond donors (Lipinski definition) is 4. The summed E-state index contributed by atoms with van der Waals surface area (Å²) in [5.41, 5.74) is 11.3. The van der Waals surface area contributed by atoms with Crippen LogP contribution in [0.2, 0.25) is 0 Å². The second-order valence-corrected chi connectivity index (χ2v) is 11.9. The Kier molecular flexibility index (Phi) is 11.0. The minimum absolute atomic E-state index is 0.293. The van der Waals surface area contributed by atoms with Crippen molar-refractivity contribution in [3.05, 3.63) is 95.1 Å². The molecule has 0 atom stereocenters. The summed E-state index contributed by atoms with van der Waals surface area (Å²) >= 11 is 0. The van der Waals surface area contributed by atoms with Gasteiger partial charge in [-0.2, -0.15) is 0 Å². The minimum atomic E-state index is -0.395. The highest BCUT2D eigenvalue weighted by Gasteiger charge is 2.17. The van der Waals surface area contributed by atoms with Gasteiger partial charge >= 0.3 is 0 Å². The summed E-state index contributed by atoms with van der Waals surface area (Å²) < 4.78 is 8.00. The smallest absolute Gasteiger partial charge is 0.272 e. The summed E-state index contributed by atoms with van der Waals surface area (Å²) in [6, 6.07) is 16.0. The summed E-state index contributed by atoms with van der Waals surface area (Å²) in [6.07, 6.45) is 8.54. The lowest BCUT2D eigenvalue weighted by Gasteiger charge is -2.08. The second-order valence-electron chi connectivity index (χ2n) is 11.9. The third-order valence-corrected chi connectivity index (χ3v) is 7.65. The molecule has 0 aliphatic carbocycles. The summed E-state index contributed by atoms with van der Waals surface area (Å²) in [7, 11) is 7.45. The van der Waals surface area contributed by atoms with E-state index in [1.807, 2.05) is 56.6 Å². The first-order valence-corrected chi connectivity index (χ1v) is 15.7. The number of aliphatic imine (C=N–C) groups is 1. The first-order chi connectivity index (χ1) is 23.5. The van der Waals surface area contributed by atoms with E-state index in [9.17, 15) is 14.4 Å². The molecule has 3 heterocycles. The van der Waals surface area contributed by atoms with E-state index in [-0.39, 0.29) is 11.8 Å². The summed E-state index contributed by atoms with van der Waals surface area (Å²) in [5, 5.41) is 16.2. The molecule has 2 aromatic carbocycles. The highest BCUT2D eigenvalue weighted by molar-refractivity contribution is 6.07. The van der Waals surface area contributed by atoms with Crippen molar-refractivity contribution in [2.24, 2.45) is 24.8 Å². The van der Waals surface area contributed by atoms with Gasteiger partial charge in [-0.25, -0.2) is 4.63 Å². The average molecular weight is 665 g/mol. The molecule has 0 fully saturated rings. The second kappa shape index (κ2) is 15.7. The molecule has 254 valence electrons. The van der Waals surface area contributed by atoms with Crippen LogP contribution >= 0.6 is 0 Å². The zero-order chi connectivity index (χ0) is 34.9. The van der Waals surface area contributed by atoms with Crippen molar-refractivity contribution in [2.75, 3.05) is 44.4 Å². The van der Waals surface area contributed by atoms with Gasteiger partial charge in [-0.1, -0.05) is 30.4 Å². The van der Waals surface area contributed by atoms with Gasteiger partial charge in [0.1, 0.15) is 22.4 Å². The molecule has 0 spiro atoms. The maximum Gasteiger partial charge on any atom is 0.272 e. The number of hydrogen-bond acceptors (Lipinski definition) is 8. The topological polar surface area (TPSA) is 178 Å². The fourth-order valence-corrected chi connectivity index (χ4v) is 5.04. The van der Waals surface area contributed by atoms with E-state index in [0.29, 0.717) is 64.7 Å². The number of amidine groups is 1. The number of rotatable bonds is 14. The molecule has 14 heteroatoms. The Hall–Kier alpha value is -6.02. The average Bonchev–Trinajstić information content (AvgIpc) is 3.79. The van der Waals surface area contributed by atoms with Gasteiger partial charge < -0.3 is 35.7 Å². The molecule has 0 saturated heterocycles. The predicted molar refractivity (Wildman–Crippen MR) is 191 cm³/mol. The monoisotopic (exact) mass is 664 g/mol. The van der Waals surface area contributed by atoms with Crippen LogP contribution in [0.3, 0.4) is 0 Å². The van der Waals surface area contributed by atoms with E-state index in [0.717, 1.165) is 24.1 Å². The zero-order valence-electron chi connectivity index (χ0n) is 27.9. The van der Waals surface area contributed by atoms with Crippen molar-refractivity contribution in [2.45, 2.75) is 12.8 Å². The van der Waals surface area contributed by atoms with Gasteiger partial charge in [0, 0.05) is 51.6 Å². The van der Waals surface area contributed by atoms with Crippen molar-refractivity contribution in [3.63, 3.8) is 0 Å². The molecule has 0 aliphatic rings. The Balaban J connectivity index is 1.12. The number of nitrogens with two attached hydrogens (primary N) is 1. The normalized spacial score (nSPS) is 11.8. The van der Waals surface area contributed by atoms with E-state index in [1.54, 1.807) is 59.9 Å². The minimum Gasteiger partial charge on any atom is -0.387 e. The van der Waals surface area contributed by atoms with Crippen LogP contribution in [0.5, 0.6) is 0 Å². The maximum atomic E-state index is 13.1. The molecule has 0 bridgehead atoms. The van der Waals surface area contributed by atoms with Crippen LogP contribution in [0.15, 0.2) is 76.6 Å². The van der Waals surface area contributed by atoms with E-state index < -0.39 is 5.91 Å². The lowest BCUT2D eigenvalue weighted by molar-refractivity contribution is 0.0945. The van der Waals surface area contributed by atoms with Crippen molar-refractivity contribution < 1.29 is 19.0 Å². The molecule has 0 aliphatic heterocycles. The van der Waals surface area contributed by atoms with Gasteiger partial charge in [-0.15, -0.1) is 0 Å². The third kappa shape index (κ3) is 9.29. The van der Waals surface area contributed by atoms with Gasteiger partial charge in [0.2, 0.25) is 0 Å². The molecule has 14 nitrogen and oxygen atoms in total. The number of nitrogens with one attached hydrogen (secondary N) is 3. The van der Waals surface area contributed by atoms with Crippen LogP contribution in [0.25, 0.3) is 23.2 Å². The Morgan fingerprint density at radius 1 is 0.837 bits per heavy atom. The standard InChI is InChI=1S/C35H40N10O4/c1-43(2)17-5-15-37-32(36)14-16-38-34(47)30-19-27(22-44(30)3)40-35(48)31-20-26(21-45(31)4)39-33(46)25-11-8-23(9-12-25)6-7-24-10-13-28-29(18-24)42-49-41-28/h6-13,18-22H,5,14-17H2,1-4H3,(H2,36,37)(H,38,47)(H,39,46)(H,40,48). The van der Waals surface area contributed by atoms with Crippen molar-refractivity contribution in [3.8, 4) is 0 Å². The summed E-state index contributed by atoms with van der Waals surface area (Å²) in [4.78, 5) is 45.3. The first kappa shape index (κ1) is 34.3. The zero-order valence-corrected chi connectivity index (χ0v) is 27.9. The molecule has 3 aromatic heterocycles. The van der Waals surface area contributed by atoms with E-state index >= 15 is 0 Å². The van der Waals surface area contributed by atoms with E-state index in [1.165, 1.54) is 0 Å². The van der Waals surface area contributed by atoms with Crippen molar-refractivity contribution in [1.29, 1.82) is 0 Å². The summed E-state index contributed by atoms with van der Waals surface area (Å²) in [6.45, 7) is 1.92. The SMILES string of the molecule is CN(C)CCCN=C(N)CCNC(=O)c1cc(NC(=O)c2cc(NC(=O)c3ccc(C=Cc4ccc5nonc5c4)cc3)cn2C)cn1C. The maximum absolute atomic E-state index is 13.1. The molecule has 5 aromatic rings. The molecule has 0 unspecified atom stereocenters.